The third kappa shape index (κ3) is 2.65. The fourth-order valence-electron chi connectivity index (χ4n) is 2.69. The van der Waals surface area contributed by atoms with E-state index in [0.29, 0.717) is 5.56 Å². The lowest BCUT2D eigenvalue weighted by atomic mass is 10.0. The second-order valence-corrected chi connectivity index (χ2v) is 6.94. The van der Waals surface area contributed by atoms with Gasteiger partial charge in [-0.2, -0.15) is 9.57 Å². The van der Waals surface area contributed by atoms with Crippen molar-refractivity contribution in [1.29, 1.82) is 5.26 Å². The Bertz CT molecular complexity index is 577. The lowest BCUT2D eigenvalue weighted by Gasteiger charge is -2.37. The first-order valence-corrected chi connectivity index (χ1v) is 7.94. The fourth-order valence-corrected chi connectivity index (χ4v) is 4.58. The molecule has 0 bridgehead atoms. The summed E-state index contributed by atoms with van der Waals surface area (Å²) in [6.07, 6.45) is 2.88. The van der Waals surface area contributed by atoms with E-state index in [1.54, 1.807) is 16.4 Å². The summed E-state index contributed by atoms with van der Waals surface area (Å²) in [5.41, 5.74) is 0.471. The van der Waals surface area contributed by atoms with Crippen LogP contribution in [0.4, 0.5) is 0 Å². The topological polar surface area (TPSA) is 61.2 Å². The number of nitriles is 1. The normalized spacial score (nSPS) is 24.9. The minimum Gasteiger partial charge on any atom is -0.207 e. The van der Waals surface area contributed by atoms with Crippen molar-refractivity contribution in [2.45, 2.75) is 50.1 Å². The van der Waals surface area contributed by atoms with Gasteiger partial charge in [-0.1, -0.05) is 6.42 Å². The number of benzene rings is 1. The summed E-state index contributed by atoms with van der Waals surface area (Å²) >= 11 is 0. The molecule has 0 N–H and O–H groups in total. The SMILES string of the molecule is C[C@@H]1CCC[C@H](C)N1S(=O)(=O)c1ccc(C#N)cc1. The third-order valence-corrected chi connectivity index (χ3v) is 5.81. The Morgan fingerprint density at radius 1 is 1.16 bits per heavy atom. The predicted octanol–water partition coefficient (Wildman–Crippen LogP) is 2.51. The van der Waals surface area contributed by atoms with Crippen molar-refractivity contribution in [3.8, 4) is 6.07 Å². The summed E-state index contributed by atoms with van der Waals surface area (Å²) < 4.78 is 26.9. The van der Waals surface area contributed by atoms with Gasteiger partial charge in [0, 0.05) is 12.1 Å². The van der Waals surface area contributed by atoms with Gasteiger partial charge in [-0.05, 0) is 51.0 Å². The second kappa shape index (κ2) is 5.32. The highest BCUT2D eigenvalue weighted by Crippen LogP contribution is 2.29. The molecule has 1 aliphatic rings. The highest BCUT2D eigenvalue weighted by molar-refractivity contribution is 7.89. The fraction of sp³-hybridized carbons (Fsp3) is 0.500. The maximum absolute atomic E-state index is 12.7. The maximum Gasteiger partial charge on any atom is 0.243 e. The predicted molar refractivity (Wildman–Crippen MR) is 73.0 cm³/mol. The van der Waals surface area contributed by atoms with E-state index in [0.717, 1.165) is 19.3 Å². The first-order chi connectivity index (χ1) is 8.96. The van der Waals surface area contributed by atoms with Gasteiger partial charge in [-0.25, -0.2) is 8.42 Å². The van der Waals surface area contributed by atoms with Crippen molar-refractivity contribution < 1.29 is 8.42 Å². The molecule has 19 heavy (non-hydrogen) atoms. The van der Waals surface area contributed by atoms with Crippen LogP contribution in [-0.2, 0) is 10.0 Å². The monoisotopic (exact) mass is 278 g/mol. The Morgan fingerprint density at radius 3 is 2.16 bits per heavy atom. The molecule has 1 fully saturated rings. The molecule has 5 heteroatoms. The van der Waals surface area contributed by atoms with E-state index >= 15 is 0 Å². The van der Waals surface area contributed by atoms with Crippen molar-refractivity contribution in [2.24, 2.45) is 0 Å². The minimum absolute atomic E-state index is 0.0318. The highest BCUT2D eigenvalue weighted by Gasteiger charge is 2.35. The molecule has 0 unspecified atom stereocenters. The Labute approximate surface area is 114 Å². The van der Waals surface area contributed by atoms with E-state index in [4.69, 9.17) is 5.26 Å². The molecule has 0 spiro atoms. The maximum atomic E-state index is 12.7. The van der Waals surface area contributed by atoms with E-state index in [-0.39, 0.29) is 17.0 Å². The van der Waals surface area contributed by atoms with Crippen LogP contribution >= 0.6 is 0 Å². The van der Waals surface area contributed by atoms with Gasteiger partial charge in [-0.3, -0.25) is 0 Å². The third-order valence-electron chi connectivity index (χ3n) is 3.67. The van der Waals surface area contributed by atoms with Gasteiger partial charge in [0.2, 0.25) is 10.0 Å². The van der Waals surface area contributed by atoms with Gasteiger partial charge in [-0.15, -0.1) is 0 Å². The first kappa shape index (κ1) is 14.0. The molecule has 2 rings (SSSR count). The molecule has 0 amide bonds. The zero-order chi connectivity index (χ0) is 14.0. The van der Waals surface area contributed by atoms with Crippen LogP contribution in [0.2, 0.25) is 0 Å². The van der Waals surface area contributed by atoms with Gasteiger partial charge in [0.05, 0.1) is 16.5 Å². The summed E-state index contributed by atoms with van der Waals surface area (Å²) in [5, 5.41) is 8.75. The summed E-state index contributed by atoms with van der Waals surface area (Å²) in [4.78, 5) is 0.270. The second-order valence-electron chi connectivity index (χ2n) is 5.10. The van der Waals surface area contributed by atoms with Gasteiger partial charge in [0.25, 0.3) is 0 Å². The summed E-state index contributed by atoms with van der Waals surface area (Å²) in [5.74, 6) is 0. The molecule has 102 valence electrons. The number of sulfonamides is 1. The number of hydrogen-bond acceptors (Lipinski definition) is 3. The van der Waals surface area contributed by atoms with Crippen LogP contribution in [0.15, 0.2) is 29.2 Å². The number of piperidine rings is 1. The summed E-state index contributed by atoms with van der Waals surface area (Å²) in [7, 11) is -3.46. The molecule has 1 heterocycles. The van der Waals surface area contributed by atoms with Crippen molar-refractivity contribution >= 4 is 10.0 Å². The molecular formula is C14H18N2O2S. The van der Waals surface area contributed by atoms with Gasteiger partial charge >= 0.3 is 0 Å². The van der Waals surface area contributed by atoms with E-state index in [1.165, 1.54) is 12.1 Å². The molecule has 1 aromatic carbocycles. The smallest absolute Gasteiger partial charge is 0.207 e. The lowest BCUT2D eigenvalue weighted by molar-refractivity contribution is 0.204. The summed E-state index contributed by atoms with van der Waals surface area (Å²) in [6.45, 7) is 3.91. The van der Waals surface area contributed by atoms with E-state index < -0.39 is 10.0 Å². The van der Waals surface area contributed by atoms with Crippen LogP contribution in [0, 0.1) is 11.3 Å². The zero-order valence-corrected chi connectivity index (χ0v) is 12.0. The Hall–Kier alpha value is -1.38. The van der Waals surface area contributed by atoms with Gasteiger partial charge in [0.1, 0.15) is 0 Å². The van der Waals surface area contributed by atoms with Crippen LogP contribution in [0.3, 0.4) is 0 Å². The van der Waals surface area contributed by atoms with Crippen LogP contribution in [0.25, 0.3) is 0 Å². The summed E-state index contributed by atoms with van der Waals surface area (Å²) in [6, 6.07) is 8.19. The number of hydrogen-bond donors (Lipinski definition) is 0. The van der Waals surface area contributed by atoms with Crippen molar-refractivity contribution in [1.82, 2.24) is 4.31 Å². The number of nitrogens with zero attached hydrogens (tertiary/aromatic N) is 2. The van der Waals surface area contributed by atoms with E-state index in [1.807, 2.05) is 19.9 Å². The molecule has 0 aromatic heterocycles. The molecular weight excluding hydrogens is 260 g/mol. The van der Waals surface area contributed by atoms with Gasteiger partial charge < -0.3 is 0 Å². The Balaban J connectivity index is 2.38. The molecule has 4 nitrogen and oxygen atoms in total. The van der Waals surface area contributed by atoms with Crippen molar-refractivity contribution in [3.63, 3.8) is 0 Å². The van der Waals surface area contributed by atoms with Crippen LogP contribution < -0.4 is 0 Å². The molecule has 1 aliphatic heterocycles. The minimum atomic E-state index is -3.46. The van der Waals surface area contributed by atoms with Crippen molar-refractivity contribution in [2.75, 3.05) is 0 Å². The molecule has 0 saturated carbocycles. The van der Waals surface area contributed by atoms with E-state index in [2.05, 4.69) is 0 Å². The quantitative estimate of drug-likeness (QED) is 0.835. The van der Waals surface area contributed by atoms with Gasteiger partial charge in [0.15, 0.2) is 0 Å². The largest absolute Gasteiger partial charge is 0.243 e. The van der Waals surface area contributed by atoms with Crippen LogP contribution in [0.5, 0.6) is 0 Å². The average molecular weight is 278 g/mol. The molecule has 0 radical (unpaired) electrons. The lowest BCUT2D eigenvalue weighted by Crippen LogP contribution is -2.47. The Morgan fingerprint density at radius 2 is 1.68 bits per heavy atom. The average Bonchev–Trinajstić information content (AvgIpc) is 2.38. The molecule has 1 aromatic rings. The van der Waals surface area contributed by atoms with Crippen molar-refractivity contribution in [3.05, 3.63) is 29.8 Å². The zero-order valence-electron chi connectivity index (χ0n) is 11.2. The molecule has 2 atom stereocenters. The standard InChI is InChI=1S/C14H18N2O2S/c1-11-4-3-5-12(2)16(11)19(17,18)14-8-6-13(10-15)7-9-14/h6-9,11-12H,3-5H2,1-2H3/t11-,12+. The van der Waals surface area contributed by atoms with Crippen LogP contribution in [-0.4, -0.2) is 24.8 Å². The highest BCUT2D eigenvalue weighted by atomic mass is 32.2. The number of rotatable bonds is 2. The first-order valence-electron chi connectivity index (χ1n) is 6.50. The molecule has 0 aliphatic carbocycles. The Kier molecular flexibility index (Phi) is 3.93. The van der Waals surface area contributed by atoms with Crippen LogP contribution in [0.1, 0.15) is 38.7 Å². The molecule has 1 saturated heterocycles. The van der Waals surface area contributed by atoms with E-state index in [9.17, 15) is 8.42 Å².